The van der Waals surface area contributed by atoms with E-state index in [0.29, 0.717) is 29.3 Å². The molecule has 2 atom stereocenters. The molecule has 33 heavy (non-hydrogen) atoms. The first-order chi connectivity index (χ1) is 16.1. The molecule has 6 heteroatoms. The number of pyridine rings is 1. The van der Waals surface area contributed by atoms with Gasteiger partial charge >= 0.3 is 0 Å². The van der Waals surface area contributed by atoms with Crippen LogP contribution in [-0.4, -0.2) is 33.4 Å². The van der Waals surface area contributed by atoms with E-state index in [1.54, 1.807) is 24.3 Å². The average Bonchev–Trinajstić information content (AvgIpc) is 3.12. The Bertz CT molecular complexity index is 1340. The van der Waals surface area contributed by atoms with Crippen molar-refractivity contribution in [3.8, 4) is 11.5 Å². The number of ketones is 1. The quantitative estimate of drug-likeness (QED) is 0.628. The van der Waals surface area contributed by atoms with Crippen LogP contribution in [0.25, 0.3) is 6.08 Å². The highest BCUT2D eigenvalue weighted by molar-refractivity contribution is 6.15. The van der Waals surface area contributed by atoms with Crippen LogP contribution in [0.3, 0.4) is 0 Å². The van der Waals surface area contributed by atoms with Crippen molar-refractivity contribution in [3.05, 3.63) is 99.2 Å². The van der Waals surface area contributed by atoms with Gasteiger partial charge in [-0.15, -0.1) is 0 Å². The van der Waals surface area contributed by atoms with E-state index in [4.69, 9.17) is 4.74 Å². The first kappa shape index (κ1) is 20.0. The summed E-state index contributed by atoms with van der Waals surface area (Å²) in [6, 6.07) is 18.3. The lowest BCUT2D eigenvalue weighted by atomic mass is 9.83. The van der Waals surface area contributed by atoms with Gasteiger partial charge in [-0.25, -0.2) is 0 Å². The van der Waals surface area contributed by atoms with Crippen molar-refractivity contribution < 1.29 is 14.6 Å². The minimum absolute atomic E-state index is 0.0684. The van der Waals surface area contributed by atoms with E-state index in [0.717, 1.165) is 37.3 Å². The van der Waals surface area contributed by atoms with Crippen molar-refractivity contribution in [1.29, 1.82) is 0 Å². The Labute approximate surface area is 191 Å². The molecule has 6 rings (SSSR count). The molecular formula is C27H24N2O4. The van der Waals surface area contributed by atoms with Gasteiger partial charge in [-0.3, -0.25) is 14.5 Å². The van der Waals surface area contributed by atoms with Crippen LogP contribution >= 0.6 is 0 Å². The summed E-state index contributed by atoms with van der Waals surface area (Å²) in [5.41, 5.74) is 3.17. The topological polar surface area (TPSA) is 71.8 Å². The molecule has 3 aliphatic heterocycles. The highest BCUT2D eigenvalue weighted by Gasteiger charge is 2.36. The molecule has 0 amide bonds. The van der Waals surface area contributed by atoms with Gasteiger partial charge in [-0.1, -0.05) is 36.4 Å². The molecule has 1 saturated heterocycles. The predicted molar refractivity (Wildman–Crippen MR) is 124 cm³/mol. The molecule has 1 N–H and O–H groups in total. The highest BCUT2D eigenvalue weighted by atomic mass is 16.5. The van der Waals surface area contributed by atoms with E-state index in [-0.39, 0.29) is 28.8 Å². The third-order valence-electron chi connectivity index (χ3n) is 6.95. The number of phenolic OH excluding ortho intramolecular Hbond substituents is 1. The SMILES string of the molecule is O=C1/C(=C/c2ccccc2)Oc2c1ccc(O)c2CN1C[C@H]2C[C@@H](C1)c1cccc(=O)n1C2. The number of piperidine rings is 1. The number of aromatic hydroxyl groups is 1. The Hall–Kier alpha value is -3.64. The Morgan fingerprint density at radius 1 is 0.970 bits per heavy atom. The fourth-order valence-electron chi connectivity index (χ4n) is 5.50. The van der Waals surface area contributed by atoms with Crippen LogP contribution in [0.15, 0.2) is 71.2 Å². The fourth-order valence-corrected chi connectivity index (χ4v) is 5.50. The molecule has 6 nitrogen and oxygen atoms in total. The number of fused-ring (bicyclic) bond motifs is 5. The number of carbonyl (C=O) groups is 1. The van der Waals surface area contributed by atoms with Crippen LogP contribution in [0, 0.1) is 5.92 Å². The molecule has 0 radical (unpaired) electrons. The van der Waals surface area contributed by atoms with Crippen molar-refractivity contribution in [2.45, 2.75) is 25.4 Å². The monoisotopic (exact) mass is 440 g/mol. The van der Waals surface area contributed by atoms with Gasteiger partial charge in [0.2, 0.25) is 5.78 Å². The van der Waals surface area contributed by atoms with Crippen molar-refractivity contribution >= 4 is 11.9 Å². The van der Waals surface area contributed by atoms with Crippen LogP contribution in [-0.2, 0) is 13.1 Å². The molecule has 2 bridgehead atoms. The van der Waals surface area contributed by atoms with Gasteiger partial charge in [-0.2, -0.15) is 0 Å². The number of carbonyl (C=O) groups excluding carboxylic acids is 1. The van der Waals surface area contributed by atoms with Gasteiger partial charge in [0.15, 0.2) is 5.76 Å². The smallest absolute Gasteiger partial charge is 0.250 e. The molecule has 0 spiro atoms. The molecule has 3 aromatic rings. The van der Waals surface area contributed by atoms with Gasteiger partial charge in [-0.05, 0) is 42.2 Å². The predicted octanol–water partition coefficient (Wildman–Crippen LogP) is 3.79. The Morgan fingerprint density at radius 2 is 1.82 bits per heavy atom. The molecule has 4 heterocycles. The maximum Gasteiger partial charge on any atom is 0.250 e. The minimum Gasteiger partial charge on any atom is -0.507 e. The Kier molecular flexibility index (Phi) is 4.69. The molecule has 0 unspecified atom stereocenters. The van der Waals surface area contributed by atoms with Crippen LogP contribution < -0.4 is 10.3 Å². The van der Waals surface area contributed by atoms with E-state index < -0.39 is 0 Å². The maximum atomic E-state index is 13.0. The van der Waals surface area contributed by atoms with Gasteiger partial charge in [0.25, 0.3) is 5.56 Å². The lowest BCUT2D eigenvalue weighted by Crippen LogP contribution is -2.46. The Morgan fingerprint density at radius 3 is 2.67 bits per heavy atom. The largest absolute Gasteiger partial charge is 0.507 e. The molecule has 166 valence electrons. The molecular weight excluding hydrogens is 416 g/mol. The van der Waals surface area contributed by atoms with E-state index in [2.05, 4.69) is 4.90 Å². The average molecular weight is 440 g/mol. The lowest BCUT2D eigenvalue weighted by molar-refractivity contribution is 0.101. The molecule has 0 aliphatic carbocycles. The zero-order valence-electron chi connectivity index (χ0n) is 18.1. The number of hydrogen-bond acceptors (Lipinski definition) is 5. The standard InChI is InChI=1S/C27H24N2O4/c30-23-10-9-20-26(32)24(12-17-5-2-1-3-6-17)33-27(20)21(23)16-28-13-18-11-19(15-28)22-7-4-8-25(31)29(22)14-18/h1-10,12,18-19,30H,11,13-16H2/b24-12-/t18-,19+/m1/s1. The van der Waals surface area contributed by atoms with E-state index in [9.17, 15) is 14.7 Å². The second-order valence-corrected chi connectivity index (χ2v) is 9.18. The number of aromatic nitrogens is 1. The number of likely N-dealkylation sites (tertiary alicyclic amines) is 1. The van der Waals surface area contributed by atoms with Crippen LogP contribution in [0.2, 0.25) is 0 Å². The van der Waals surface area contributed by atoms with Crippen molar-refractivity contribution in [2.75, 3.05) is 13.1 Å². The molecule has 0 saturated carbocycles. The maximum absolute atomic E-state index is 13.0. The van der Waals surface area contributed by atoms with E-state index >= 15 is 0 Å². The van der Waals surface area contributed by atoms with Crippen molar-refractivity contribution in [2.24, 2.45) is 5.92 Å². The summed E-state index contributed by atoms with van der Waals surface area (Å²) in [4.78, 5) is 27.6. The number of nitrogens with zero attached hydrogens (tertiary/aromatic N) is 2. The summed E-state index contributed by atoms with van der Waals surface area (Å²) in [7, 11) is 0. The number of Topliss-reactive ketones (excluding diaryl/α,β-unsaturated/α-hetero) is 1. The van der Waals surface area contributed by atoms with Crippen molar-refractivity contribution in [3.63, 3.8) is 0 Å². The normalized spacial score (nSPS) is 22.7. The summed E-state index contributed by atoms with van der Waals surface area (Å²) in [5.74, 6) is 1.35. The summed E-state index contributed by atoms with van der Waals surface area (Å²) < 4.78 is 7.94. The van der Waals surface area contributed by atoms with Crippen LogP contribution in [0.5, 0.6) is 11.5 Å². The number of phenols is 1. The summed E-state index contributed by atoms with van der Waals surface area (Å²) in [5, 5.41) is 10.7. The number of rotatable bonds is 3. The molecule has 1 fully saturated rings. The fraction of sp³-hybridized carbons (Fsp3) is 0.259. The third-order valence-corrected chi connectivity index (χ3v) is 6.95. The number of ether oxygens (including phenoxy) is 1. The van der Waals surface area contributed by atoms with Crippen molar-refractivity contribution in [1.82, 2.24) is 9.47 Å². The van der Waals surface area contributed by atoms with E-state index in [1.165, 1.54) is 0 Å². The zero-order valence-corrected chi connectivity index (χ0v) is 18.1. The molecule has 2 aromatic carbocycles. The minimum atomic E-state index is -0.168. The van der Waals surface area contributed by atoms with Crippen LogP contribution in [0.1, 0.15) is 39.5 Å². The summed E-state index contributed by atoms with van der Waals surface area (Å²) in [6.45, 7) is 2.84. The van der Waals surface area contributed by atoms with E-state index in [1.807, 2.05) is 47.0 Å². The Balaban J connectivity index is 1.29. The lowest BCUT2D eigenvalue weighted by Gasteiger charge is -2.42. The first-order valence-electron chi connectivity index (χ1n) is 11.3. The second kappa shape index (κ2) is 7.74. The highest BCUT2D eigenvalue weighted by Crippen LogP contribution is 2.42. The zero-order chi connectivity index (χ0) is 22.5. The van der Waals surface area contributed by atoms with Gasteiger partial charge in [0.05, 0.1) is 11.1 Å². The summed E-state index contributed by atoms with van der Waals surface area (Å²) >= 11 is 0. The third kappa shape index (κ3) is 3.47. The second-order valence-electron chi connectivity index (χ2n) is 9.18. The summed E-state index contributed by atoms with van der Waals surface area (Å²) in [6.07, 6.45) is 2.81. The van der Waals surface area contributed by atoms with Gasteiger partial charge < -0.3 is 14.4 Å². The number of allylic oxidation sites excluding steroid dienone is 1. The number of benzene rings is 2. The van der Waals surface area contributed by atoms with Gasteiger partial charge in [0, 0.05) is 43.9 Å². The number of hydrogen-bond donors (Lipinski definition) is 1. The van der Waals surface area contributed by atoms with Crippen LogP contribution in [0.4, 0.5) is 0 Å². The first-order valence-corrected chi connectivity index (χ1v) is 11.3. The molecule has 3 aliphatic rings. The molecule has 1 aromatic heterocycles. The van der Waals surface area contributed by atoms with Gasteiger partial charge in [0.1, 0.15) is 11.5 Å².